The van der Waals surface area contributed by atoms with Crippen molar-refractivity contribution in [3.63, 3.8) is 0 Å². The van der Waals surface area contributed by atoms with Gasteiger partial charge in [-0.05, 0) is 24.3 Å². The molecule has 2 aliphatic heterocycles. The van der Waals surface area contributed by atoms with E-state index in [-0.39, 0.29) is 30.3 Å². The summed E-state index contributed by atoms with van der Waals surface area (Å²) in [5.41, 5.74) is 6.06. The maximum absolute atomic E-state index is 12.9. The van der Waals surface area contributed by atoms with Crippen molar-refractivity contribution in [1.29, 1.82) is 0 Å². The standard InChI is InChI=1S/C16H18FN5O3/c17-11-1-3-13(4-2-11)24-9-14-20-16(25-21-14)10-5-15(23)22(8-10)12-6-18-19-7-12/h1-4,10,12,18-19H,5-9H2. The molecule has 2 aromatic rings. The third-order valence-corrected chi connectivity index (χ3v) is 4.41. The normalized spacial score (nSPS) is 21.2. The number of amides is 1. The van der Waals surface area contributed by atoms with Crippen LogP contribution >= 0.6 is 0 Å². The van der Waals surface area contributed by atoms with Gasteiger partial charge in [0.25, 0.3) is 0 Å². The molecule has 25 heavy (non-hydrogen) atoms. The topological polar surface area (TPSA) is 92.5 Å². The van der Waals surface area contributed by atoms with Crippen LogP contribution in [0.2, 0.25) is 0 Å². The van der Waals surface area contributed by atoms with Crippen LogP contribution in [0.3, 0.4) is 0 Å². The minimum Gasteiger partial charge on any atom is -0.485 e. The maximum atomic E-state index is 12.9. The second-order valence-electron chi connectivity index (χ2n) is 6.15. The molecule has 8 nitrogen and oxygen atoms in total. The lowest BCUT2D eigenvalue weighted by molar-refractivity contribution is -0.129. The Kier molecular flexibility index (Phi) is 4.33. The first-order valence-electron chi connectivity index (χ1n) is 8.15. The van der Waals surface area contributed by atoms with Crippen LogP contribution in [0.5, 0.6) is 5.75 Å². The van der Waals surface area contributed by atoms with E-state index < -0.39 is 0 Å². The molecule has 0 radical (unpaired) electrons. The number of carbonyl (C=O) groups is 1. The molecule has 1 amide bonds. The number of carbonyl (C=O) groups excluding carboxylic acids is 1. The molecule has 1 aromatic carbocycles. The zero-order valence-corrected chi connectivity index (χ0v) is 13.4. The van der Waals surface area contributed by atoms with Crippen molar-refractivity contribution in [2.75, 3.05) is 19.6 Å². The molecule has 2 fully saturated rings. The lowest BCUT2D eigenvalue weighted by atomic mass is 10.1. The Labute approximate surface area is 143 Å². The molecule has 0 bridgehead atoms. The van der Waals surface area contributed by atoms with Crippen LogP contribution < -0.4 is 15.6 Å². The van der Waals surface area contributed by atoms with E-state index in [0.717, 1.165) is 13.1 Å². The van der Waals surface area contributed by atoms with E-state index in [9.17, 15) is 9.18 Å². The summed E-state index contributed by atoms with van der Waals surface area (Å²) in [6.45, 7) is 2.17. The Bertz CT molecular complexity index is 744. The molecule has 1 aromatic heterocycles. The Morgan fingerprint density at radius 2 is 2.04 bits per heavy atom. The van der Waals surface area contributed by atoms with Crippen molar-refractivity contribution in [2.24, 2.45) is 0 Å². The highest BCUT2D eigenvalue weighted by Crippen LogP contribution is 2.28. The van der Waals surface area contributed by atoms with Crippen LogP contribution in [0.15, 0.2) is 28.8 Å². The van der Waals surface area contributed by atoms with Crippen LogP contribution in [0.1, 0.15) is 24.1 Å². The molecule has 132 valence electrons. The second kappa shape index (κ2) is 6.77. The SMILES string of the molecule is O=C1CC(c2nc(COc3ccc(F)cc3)no2)CN1C1CNNC1. The maximum Gasteiger partial charge on any atom is 0.232 e. The number of hydrazine groups is 1. The summed E-state index contributed by atoms with van der Waals surface area (Å²) in [5.74, 6) is 1.05. The molecule has 3 heterocycles. The third-order valence-electron chi connectivity index (χ3n) is 4.41. The minimum atomic E-state index is -0.322. The lowest BCUT2D eigenvalue weighted by Gasteiger charge is -2.22. The van der Waals surface area contributed by atoms with Gasteiger partial charge in [0.15, 0.2) is 6.61 Å². The van der Waals surface area contributed by atoms with Gasteiger partial charge in [-0.2, -0.15) is 4.98 Å². The smallest absolute Gasteiger partial charge is 0.232 e. The van der Waals surface area contributed by atoms with Gasteiger partial charge < -0.3 is 14.2 Å². The molecule has 2 saturated heterocycles. The molecular weight excluding hydrogens is 329 g/mol. The number of likely N-dealkylation sites (tertiary alicyclic amines) is 1. The van der Waals surface area contributed by atoms with Gasteiger partial charge in [-0.1, -0.05) is 5.16 Å². The first-order valence-corrected chi connectivity index (χ1v) is 8.15. The highest BCUT2D eigenvalue weighted by molar-refractivity contribution is 5.80. The van der Waals surface area contributed by atoms with Gasteiger partial charge in [0.05, 0.1) is 12.0 Å². The highest BCUT2D eigenvalue weighted by atomic mass is 19.1. The van der Waals surface area contributed by atoms with Crippen molar-refractivity contribution < 1.29 is 18.4 Å². The Hall–Kier alpha value is -2.52. The number of nitrogens with zero attached hydrogens (tertiary/aromatic N) is 3. The summed E-state index contributed by atoms with van der Waals surface area (Å²) in [5, 5.41) is 3.90. The predicted octanol–water partition coefficient (Wildman–Crippen LogP) is 0.580. The molecule has 1 unspecified atom stereocenters. The fourth-order valence-electron chi connectivity index (χ4n) is 3.09. The summed E-state index contributed by atoms with van der Waals surface area (Å²) in [7, 11) is 0. The fraction of sp³-hybridized carbons (Fsp3) is 0.438. The fourth-order valence-corrected chi connectivity index (χ4v) is 3.09. The van der Waals surface area contributed by atoms with Gasteiger partial charge >= 0.3 is 0 Å². The summed E-state index contributed by atoms with van der Waals surface area (Å²) < 4.78 is 23.7. The summed E-state index contributed by atoms with van der Waals surface area (Å²) in [6, 6.07) is 5.87. The molecule has 4 rings (SSSR count). The van der Waals surface area contributed by atoms with E-state index in [0.29, 0.717) is 30.4 Å². The molecule has 1 atom stereocenters. The van der Waals surface area contributed by atoms with Gasteiger partial charge in [0.1, 0.15) is 11.6 Å². The number of nitrogens with one attached hydrogen (secondary N) is 2. The van der Waals surface area contributed by atoms with Crippen molar-refractivity contribution in [3.8, 4) is 5.75 Å². The number of benzene rings is 1. The average Bonchev–Trinajstić information content (AvgIpc) is 3.34. The van der Waals surface area contributed by atoms with Crippen molar-refractivity contribution in [1.82, 2.24) is 25.9 Å². The van der Waals surface area contributed by atoms with Crippen molar-refractivity contribution in [2.45, 2.75) is 25.0 Å². The van der Waals surface area contributed by atoms with Crippen molar-refractivity contribution >= 4 is 5.91 Å². The quantitative estimate of drug-likeness (QED) is 0.817. The number of aromatic nitrogens is 2. The zero-order valence-electron chi connectivity index (χ0n) is 13.4. The Morgan fingerprint density at radius 3 is 2.80 bits per heavy atom. The van der Waals surface area contributed by atoms with Crippen LogP contribution in [0, 0.1) is 5.82 Å². The van der Waals surface area contributed by atoms with Crippen LogP contribution in [0.25, 0.3) is 0 Å². The van der Waals surface area contributed by atoms with Crippen LogP contribution in [-0.2, 0) is 11.4 Å². The molecule has 0 spiro atoms. The first kappa shape index (κ1) is 16.0. The molecule has 2 aliphatic rings. The molecular formula is C16H18FN5O3. The minimum absolute atomic E-state index is 0.0971. The van der Waals surface area contributed by atoms with E-state index in [1.807, 2.05) is 4.90 Å². The largest absolute Gasteiger partial charge is 0.485 e. The van der Waals surface area contributed by atoms with E-state index in [1.54, 1.807) is 0 Å². The highest BCUT2D eigenvalue weighted by Gasteiger charge is 2.38. The van der Waals surface area contributed by atoms with Crippen LogP contribution in [0.4, 0.5) is 4.39 Å². The van der Waals surface area contributed by atoms with Gasteiger partial charge in [-0.15, -0.1) is 0 Å². The summed E-state index contributed by atoms with van der Waals surface area (Å²) >= 11 is 0. The second-order valence-corrected chi connectivity index (χ2v) is 6.15. The number of halogens is 1. The van der Waals surface area contributed by atoms with Gasteiger partial charge in [-0.3, -0.25) is 15.6 Å². The van der Waals surface area contributed by atoms with Crippen LogP contribution in [-0.4, -0.2) is 46.6 Å². The molecule has 9 heteroatoms. The predicted molar refractivity (Wildman–Crippen MR) is 83.9 cm³/mol. The summed E-state index contributed by atoms with van der Waals surface area (Å²) in [6.07, 6.45) is 0.372. The Balaban J connectivity index is 1.36. The van der Waals surface area contributed by atoms with Gasteiger partial charge in [0.2, 0.25) is 17.6 Å². The van der Waals surface area contributed by atoms with E-state index >= 15 is 0 Å². The van der Waals surface area contributed by atoms with E-state index in [2.05, 4.69) is 21.0 Å². The Morgan fingerprint density at radius 1 is 1.28 bits per heavy atom. The van der Waals surface area contributed by atoms with Gasteiger partial charge in [-0.25, -0.2) is 4.39 Å². The molecule has 2 N–H and O–H groups in total. The number of hydrogen-bond donors (Lipinski definition) is 2. The third kappa shape index (κ3) is 3.47. The number of ether oxygens (including phenoxy) is 1. The lowest BCUT2D eigenvalue weighted by Crippen LogP contribution is -2.39. The number of rotatable bonds is 5. The van der Waals surface area contributed by atoms with E-state index in [4.69, 9.17) is 9.26 Å². The zero-order chi connectivity index (χ0) is 17.2. The monoisotopic (exact) mass is 347 g/mol. The number of hydrogen-bond acceptors (Lipinski definition) is 7. The molecule has 0 aliphatic carbocycles. The van der Waals surface area contributed by atoms with Crippen molar-refractivity contribution in [3.05, 3.63) is 41.8 Å². The first-order chi connectivity index (χ1) is 12.2. The molecule has 0 saturated carbocycles. The van der Waals surface area contributed by atoms with Gasteiger partial charge in [0, 0.05) is 26.1 Å². The van der Waals surface area contributed by atoms with E-state index in [1.165, 1.54) is 24.3 Å². The summed E-state index contributed by atoms with van der Waals surface area (Å²) in [4.78, 5) is 18.4. The average molecular weight is 347 g/mol.